The van der Waals surface area contributed by atoms with E-state index in [1.54, 1.807) is 60.8 Å². The summed E-state index contributed by atoms with van der Waals surface area (Å²) in [6.45, 7) is 13.8. The van der Waals surface area contributed by atoms with Crippen molar-refractivity contribution in [3.05, 3.63) is 125 Å². The van der Waals surface area contributed by atoms with Crippen LogP contribution in [0.2, 0.25) is 0 Å². The van der Waals surface area contributed by atoms with Gasteiger partial charge in [-0.25, -0.2) is 46.0 Å². The molecule has 4 fully saturated rings. The molecule has 2 aliphatic carbocycles. The fraction of sp³-hybridized carbons (Fsp3) is 0.464. The van der Waals surface area contributed by atoms with E-state index in [1.165, 1.54) is 53.3 Å². The Bertz CT molecular complexity index is 3470. The third kappa shape index (κ3) is 14.8. The quantitative estimate of drug-likeness (QED) is 0.0571. The molecular weight excluding hydrogens is 1200 g/mol. The van der Waals surface area contributed by atoms with Crippen molar-refractivity contribution in [1.29, 1.82) is 0 Å². The number of benzene rings is 2. The van der Waals surface area contributed by atoms with E-state index in [0.717, 1.165) is 19.4 Å². The van der Waals surface area contributed by atoms with Gasteiger partial charge in [0.15, 0.2) is 5.82 Å². The van der Waals surface area contributed by atoms with E-state index in [0.29, 0.717) is 46.3 Å². The minimum Gasteiger partial charge on any atom is -0.478 e. The lowest BCUT2D eigenvalue weighted by Gasteiger charge is -2.34. The number of hydrogen-bond acceptors (Lipinski definition) is 14. The molecule has 4 aliphatic rings. The van der Waals surface area contributed by atoms with Crippen LogP contribution in [0.3, 0.4) is 0 Å². The maximum absolute atomic E-state index is 13.4. The van der Waals surface area contributed by atoms with Crippen molar-refractivity contribution in [2.75, 3.05) is 36.1 Å². The van der Waals surface area contributed by atoms with E-state index in [9.17, 15) is 52.8 Å². The van der Waals surface area contributed by atoms with E-state index in [-0.39, 0.29) is 89.6 Å². The molecule has 2 saturated carbocycles. The summed E-state index contributed by atoms with van der Waals surface area (Å²) in [6, 6.07) is 24.8. The van der Waals surface area contributed by atoms with Crippen LogP contribution in [0.5, 0.6) is 11.8 Å². The summed E-state index contributed by atoms with van der Waals surface area (Å²) in [5, 5.41) is 10.5. The van der Waals surface area contributed by atoms with Gasteiger partial charge in [-0.15, -0.1) is 5.10 Å². The number of anilines is 2. The van der Waals surface area contributed by atoms with Crippen LogP contribution in [0.25, 0.3) is 5.82 Å². The first kappa shape index (κ1) is 62.3. The Morgan fingerprint density at radius 2 is 1.11 bits per heavy atom. The molecule has 2 saturated heterocycles. The van der Waals surface area contributed by atoms with E-state index in [1.807, 2.05) is 18.7 Å². The van der Waals surface area contributed by atoms with Crippen molar-refractivity contribution in [2.24, 2.45) is 22.7 Å². The van der Waals surface area contributed by atoms with Crippen LogP contribution >= 0.6 is 15.9 Å². The molecule has 3 N–H and O–H groups in total. The number of carbonyl (C=O) groups is 2. The van der Waals surface area contributed by atoms with Crippen molar-refractivity contribution in [1.82, 2.24) is 39.4 Å². The van der Waals surface area contributed by atoms with Gasteiger partial charge in [0.25, 0.3) is 31.9 Å². The van der Waals surface area contributed by atoms with E-state index in [2.05, 4.69) is 78.2 Å². The summed E-state index contributed by atoms with van der Waals surface area (Å²) >= 11 is 3.36. The minimum absolute atomic E-state index is 0.0233. The molecule has 0 unspecified atom stereocenters. The highest BCUT2D eigenvalue weighted by Crippen LogP contribution is 2.60. The molecule has 448 valence electrons. The molecular formula is C56H65BrF6N10O8S2. The van der Waals surface area contributed by atoms with Crippen molar-refractivity contribution >= 4 is 59.4 Å². The zero-order valence-corrected chi connectivity index (χ0v) is 49.6. The average Bonchev–Trinajstić information content (AvgIpc) is 4.32. The van der Waals surface area contributed by atoms with Gasteiger partial charge in [-0.1, -0.05) is 50.2 Å². The van der Waals surface area contributed by atoms with Crippen LogP contribution in [0.1, 0.15) is 114 Å². The highest BCUT2D eigenvalue weighted by molar-refractivity contribution is 9.10. The second-order valence-electron chi connectivity index (χ2n) is 22.8. The van der Waals surface area contributed by atoms with Gasteiger partial charge in [-0.05, 0) is 155 Å². The first-order chi connectivity index (χ1) is 38.8. The number of hydrogen-bond donors (Lipinski definition) is 3. The smallest absolute Gasteiger partial charge is 0.394 e. The molecule has 0 bridgehead atoms. The summed E-state index contributed by atoms with van der Waals surface area (Å²) in [5.41, 5.74) is -3.36. The lowest BCUT2D eigenvalue weighted by molar-refractivity contribution is -0.190. The Labute approximate surface area is 486 Å². The first-order valence-electron chi connectivity index (χ1n) is 26.8. The second-order valence-corrected chi connectivity index (χ2v) is 27.0. The topological polar surface area (TPSA) is 224 Å². The predicted molar refractivity (Wildman–Crippen MR) is 300 cm³/mol. The maximum Gasteiger partial charge on any atom is 0.394 e. The molecule has 4 aromatic heterocycles. The fourth-order valence-corrected chi connectivity index (χ4v) is 12.8. The summed E-state index contributed by atoms with van der Waals surface area (Å²) in [6.07, 6.45) is -2.92. The summed E-state index contributed by atoms with van der Waals surface area (Å²) < 4.78 is 145. The SMILES string of the molecule is C[C@@H]1CN(c2nc(-n3ccc(OCCC4(C(F)(F)F)CC4)n3)ccc2C(=O)NS(=O)(=O)c2ccccc2)C(C)(C)C1.C[C@@H]1CN(c2nc(Br)ccc2C(=O)NS(=O)(=O)c2ccccc2)C(C)(C)C1.FC(F)(F)C1(CCOc2ccn[nH]2)CC1. The van der Waals surface area contributed by atoms with Crippen LogP contribution in [0.4, 0.5) is 38.0 Å². The summed E-state index contributed by atoms with van der Waals surface area (Å²) in [4.78, 5) is 39.5. The number of nitrogens with zero attached hydrogens (tertiary/aromatic N) is 7. The van der Waals surface area contributed by atoms with Crippen LogP contribution in [0.15, 0.2) is 124 Å². The number of ether oxygens (including phenoxy) is 2. The number of amides is 2. The Hall–Kier alpha value is -6.74. The molecule has 2 aliphatic heterocycles. The molecule has 0 spiro atoms. The molecule has 0 radical (unpaired) electrons. The third-order valence-corrected chi connectivity index (χ3v) is 18.4. The number of pyridine rings is 2. The number of aromatic amines is 1. The zero-order chi connectivity index (χ0) is 60.4. The van der Waals surface area contributed by atoms with Gasteiger partial charge in [0, 0.05) is 42.5 Å². The molecule has 2 aromatic carbocycles. The first-order valence-corrected chi connectivity index (χ1v) is 30.5. The van der Waals surface area contributed by atoms with Gasteiger partial charge in [0.1, 0.15) is 16.2 Å². The van der Waals surface area contributed by atoms with Crippen molar-refractivity contribution in [3.8, 4) is 17.6 Å². The number of carbonyl (C=O) groups excluding carboxylic acids is 2. The predicted octanol–water partition coefficient (Wildman–Crippen LogP) is 11.2. The minimum atomic E-state index is -4.24. The largest absolute Gasteiger partial charge is 0.478 e. The van der Waals surface area contributed by atoms with Gasteiger partial charge >= 0.3 is 12.4 Å². The third-order valence-electron chi connectivity index (χ3n) is 15.3. The molecule has 18 nitrogen and oxygen atoms in total. The Morgan fingerprint density at radius 3 is 1.53 bits per heavy atom. The Morgan fingerprint density at radius 1 is 0.651 bits per heavy atom. The number of sulfonamides is 2. The number of halogens is 7. The number of aromatic nitrogens is 6. The molecule has 6 heterocycles. The Balaban J connectivity index is 0.000000182. The van der Waals surface area contributed by atoms with Gasteiger partial charge in [-0.2, -0.15) is 31.4 Å². The van der Waals surface area contributed by atoms with Gasteiger partial charge in [0.05, 0.1) is 51.2 Å². The lowest BCUT2D eigenvalue weighted by Crippen LogP contribution is -2.41. The molecule has 6 aromatic rings. The van der Waals surface area contributed by atoms with E-state index < -0.39 is 55.0 Å². The highest BCUT2D eigenvalue weighted by Gasteiger charge is 2.63. The highest BCUT2D eigenvalue weighted by atomic mass is 79.9. The molecule has 10 rings (SSSR count). The van der Waals surface area contributed by atoms with Gasteiger partial charge in [0.2, 0.25) is 11.8 Å². The van der Waals surface area contributed by atoms with E-state index >= 15 is 0 Å². The monoisotopic (exact) mass is 1260 g/mol. The standard InChI is InChI=1S/C28H32F3N5O4S.C19H22BrN3O3S.C9H11F3N2O/c1-19-17-26(2,3)35(18-19)24-21(25(37)34-41(38,39)20-7-5-4-6-8-20)9-10-22(32-24)36-15-11-23(33-36)40-16-14-27(12-13-27)28(29,30)31;1-13-11-19(2,3)23(12-13)17-15(9-10-16(20)21-17)18(24)22-27(25,26)14-7-5-4-6-8-14;10-9(11,12)8(2-3-8)4-6-15-7-1-5-13-14-7/h4-11,15,19H,12-14,16-18H2,1-3H3,(H,34,37);4-10,13H,11-12H2,1-3H3,(H,22,24);1,5H,2-4,6H2,(H,13,14)/t19-;13-;/m00./s1. The average molecular weight is 1260 g/mol. The number of H-pyrrole nitrogens is 1. The van der Waals surface area contributed by atoms with Crippen molar-refractivity contribution < 1.29 is 62.2 Å². The van der Waals surface area contributed by atoms with Crippen LogP contribution in [-0.2, 0) is 20.0 Å². The number of nitrogens with one attached hydrogen (secondary N) is 3. The zero-order valence-electron chi connectivity index (χ0n) is 46.4. The summed E-state index contributed by atoms with van der Waals surface area (Å²) in [5.74, 6) is 0.925. The Kier molecular flexibility index (Phi) is 18.1. The molecule has 2 atom stereocenters. The lowest BCUT2D eigenvalue weighted by atomic mass is 9.97. The van der Waals surface area contributed by atoms with Gasteiger partial charge < -0.3 is 19.3 Å². The van der Waals surface area contributed by atoms with Crippen molar-refractivity contribution in [3.63, 3.8) is 0 Å². The van der Waals surface area contributed by atoms with Crippen LogP contribution in [-0.4, -0.2) is 108 Å². The number of rotatable bonds is 17. The van der Waals surface area contributed by atoms with Crippen LogP contribution in [0, 0.1) is 22.7 Å². The molecule has 2 amide bonds. The van der Waals surface area contributed by atoms with Gasteiger partial charge in [-0.3, -0.25) is 9.59 Å². The molecule has 27 heteroatoms. The van der Waals surface area contributed by atoms with E-state index in [4.69, 9.17) is 14.5 Å². The summed E-state index contributed by atoms with van der Waals surface area (Å²) in [7, 11) is -8.08. The van der Waals surface area contributed by atoms with Crippen molar-refractivity contribution in [2.45, 2.75) is 126 Å². The van der Waals surface area contributed by atoms with Crippen LogP contribution < -0.4 is 28.7 Å². The maximum atomic E-state index is 13.4. The molecule has 83 heavy (non-hydrogen) atoms. The normalized spacial score (nSPS) is 19.3. The second kappa shape index (κ2) is 24.1. The fourth-order valence-electron chi connectivity index (χ4n) is 10.5. The number of alkyl halides is 6.